The SMILES string of the molecule is COc1cc(CC(=O)NC2CCCCC2NC(=O)NC(C)CC(=O)O)ccc1NC(=O)Nc1ccccc1C. The van der Waals surface area contributed by atoms with Gasteiger partial charge in [0, 0.05) is 17.8 Å². The Hall–Kier alpha value is -4.28. The minimum absolute atomic E-state index is 0.0944. The van der Waals surface area contributed by atoms with Crippen molar-refractivity contribution < 1.29 is 29.0 Å². The molecule has 6 N–H and O–H groups in total. The summed E-state index contributed by atoms with van der Waals surface area (Å²) in [6.45, 7) is 3.53. The molecule has 3 rings (SSSR count). The smallest absolute Gasteiger partial charge is 0.323 e. The van der Waals surface area contributed by atoms with Crippen molar-refractivity contribution in [2.75, 3.05) is 17.7 Å². The topological polar surface area (TPSA) is 158 Å². The average Bonchev–Trinajstić information content (AvgIpc) is 2.87. The Morgan fingerprint density at radius 1 is 0.949 bits per heavy atom. The van der Waals surface area contributed by atoms with Gasteiger partial charge in [0.2, 0.25) is 5.91 Å². The van der Waals surface area contributed by atoms with Crippen LogP contribution in [0.2, 0.25) is 0 Å². The molecule has 3 atom stereocenters. The Labute approximate surface area is 228 Å². The van der Waals surface area contributed by atoms with Crippen LogP contribution in [-0.2, 0) is 16.0 Å². The first-order valence-corrected chi connectivity index (χ1v) is 13.0. The highest BCUT2D eigenvalue weighted by Crippen LogP contribution is 2.27. The number of carboxylic acids is 1. The number of aryl methyl sites for hydroxylation is 1. The molecular formula is C28H37N5O6. The number of carboxylic acid groups (broad SMARTS) is 1. The van der Waals surface area contributed by atoms with E-state index in [9.17, 15) is 19.2 Å². The Kier molecular flexibility index (Phi) is 10.5. The maximum atomic E-state index is 12.9. The van der Waals surface area contributed by atoms with Gasteiger partial charge in [-0.05, 0) is 56.0 Å². The second kappa shape index (κ2) is 14.0. The second-order valence-corrected chi connectivity index (χ2v) is 9.79. The van der Waals surface area contributed by atoms with E-state index in [1.165, 1.54) is 7.11 Å². The number of anilines is 2. The number of nitrogens with one attached hydrogen (secondary N) is 5. The molecule has 0 spiro atoms. The van der Waals surface area contributed by atoms with Crippen LogP contribution in [0.3, 0.4) is 0 Å². The fraction of sp³-hybridized carbons (Fsp3) is 0.429. The van der Waals surface area contributed by atoms with Crippen molar-refractivity contribution in [2.45, 2.75) is 70.5 Å². The van der Waals surface area contributed by atoms with Crippen LogP contribution in [0.25, 0.3) is 0 Å². The number of aliphatic carboxylic acids is 1. The van der Waals surface area contributed by atoms with E-state index in [-0.39, 0.29) is 30.8 Å². The van der Waals surface area contributed by atoms with E-state index in [0.717, 1.165) is 24.8 Å². The highest BCUT2D eigenvalue weighted by Gasteiger charge is 2.28. The van der Waals surface area contributed by atoms with Crippen molar-refractivity contribution in [3.63, 3.8) is 0 Å². The van der Waals surface area contributed by atoms with Gasteiger partial charge in [0.05, 0.1) is 31.7 Å². The Bertz CT molecular complexity index is 1190. The summed E-state index contributed by atoms with van der Waals surface area (Å²) in [6.07, 6.45) is 3.21. The van der Waals surface area contributed by atoms with Gasteiger partial charge in [0.15, 0.2) is 0 Å². The van der Waals surface area contributed by atoms with Gasteiger partial charge in [-0.3, -0.25) is 9.59 Å². The summed E-state index contributed by atoms with van der Waals surface area (Å²) >= 11 is 0. The number of carbonyl (C=O) groups excluding carboxylic acids is 3. The summed E-state index contributed by atoms with van der Waals surface area (Å²) in [5.74, 6) is -0.769. The molecule has 0 aliphatic heterocycles. The fourth-order valence-corrected chi connectivity index (χ4v) is 4.60. The van der Waals surface area contributed by atoms with Gasteiger partial charge in [-0.25, -0.2) is 9.59 Å². The molecule has 1 fully saturated rings. The molecule has 0 aromatic heterocycles. The first-order chi connectivity index (χ1) is 18.6. The van der Waals surface area contributed by atoms with Gasteiger partial charge < -0.3 is 36.4 Å². The van der Waals surface area contributed by atoms with Gasteiger partial charge >= 0.3 is 18.0 Å². The van der Waals surface area contributed by atoms with Crippen molar-refractivity contribution in [1.29, 1.82) is 0 Å². The van der Waals surface area contributed by atoms with Crippen LogP contribution in [0.15, 0.2) is 42.5 Å². The van der Waals surface area contributed by atoms with E-state index < -0.39 is 24.1 Å². The number of urea groups is 2. The Balaban J connectivity index is 1.56. The molecule has 0 heterocycles. The van der Waals surface area contributed by atoms with Crippen LogP contribution in [-0.4, -0.2) is 54.3 Å². The predicted octanol–water partition coefficient (Wildman–Crippen LogP) is 3.78. The molecule has 11 nitrogen and oxygen atoms in total. The van der Waals surface area contributed by atoms with Crippen molar-refractivity contribution >= 4 is 35.3 Å². The zero-order valence-corrected chi connectivity index (χ0v) is 22.5. The second-order valence-electron chi connectivity index (χ2n) is 9.79. The standard InChI is InChI=1S/C28H37N5O6/c1-17-8-4-5-9-20(17)31-28(38)33-23-13-12-19(15-24(23)39-3)16-25(34)30-21-10-6-7-11-22(21)32-27(37)29-18(2)14-26(35)36/h4-5,8-9,12-13,15,18,21-22H,6-7,10-11,14,16H2,1-3H3,(H,30,34)(H,35,36)(H2,29,32,37)(H2,31,33,38). The Morgan fingerprint density at radius 3 is 2.28 bits per heavy atom. The molecule has 2 aromatic rings. The van der Waals surface area contributed by atoms with E-state index in [1.807, 2.05) is 31.2 Å². The molecule has 0 saturated heterocycles. The number of ether oxygens (including phenoxy) is 1. The lowest BCUT2D eigenvalue weighted by Gasteiger charge is -2.33. The minimum atomic E-state index is -0.989. The van der Waals surface area contributed by atoms with E-state index in [2.05, 4.69) is 26.6 Å². The van der Waals surface area contributed by atoms with Gasteiger partial charge in [-0.1, -0.05) is 37.1 Å². The maximum absolute atomic E-state index is 12.9. The lowest BCUT2D eigenvalue weighted by Crippen LogP contribution is -2.56. The zero-order valence-electron chi connectivity index (χ0n) is 22.5. The number of hydrogen-bond donors (Lipinski definition) is 6. The number of rotatable bonds is 10. The highest BCUT2D eigenvalue weighted by atomic mass is 16.5. The molecule has 1 saturated carbocycles. The summed E-state index contributed by atoms with van der Waals surface area (Å²) in [7, 11) is 1.49. The summed E-state index contributed by atoms with van der Waals surface area (Å²) in [5, 5.41) is 23.0. The van der Waals surface area contributed by atoms with Crippen LogP contribution in [0.1, 0.15) is 50.2 Å². The van der Waals surface area contributed by atoms with E-state index in [1.54, 1.807) is 25.1 Å². The van der Waals surface area contributed by atoms with E-state index >= 15 is 0 Å². The first-order valence-electron chi connectivity index (χ1n) is 13.0. The van der Waals surface area contributed by atoms with Crippen molar-refractivity contribution in [3.8, 4) is 5.75 Å². The molecule has 0 bridgehead atoms. The number of amides is 5. The third-order valence-electron chi connectivity index (χ3n) is 6.56. The number of carbonyl (C=O) groups is 4. The predicted molar refractivity (Wildman–Crippen MR) is 148 cm³/mol. The van der Waals surface area contributed by atoms with Gasteiger partial charge in [0.1, 0.15) is 5.75 Å². The molecule has 3 unspecified atom stereocenters. The third kappa shape index (κ3) is 9.20. The first kappa shape index (κ1) is 29.3. The lowest BCUT2D eigenvalue weighted by atomic mass is 9.90. The lowest BCUT2D eigenvalue weighted by molar-refractivity contribution is -0.137. The van der Waals surface area contributed by atoms with Crippen molar-refractivity contribution in [1.82, 2.24) is 16.0 Å². The maximum Gasteiger partial charge on any atom is 0.323 e. The summed E-state index contributed by atoms with van der Waals surface area (Å²) in [5.41, 5.74) is 2.80. The van der Waals surface area contributed by atoms with Crippen LogP contribution in [0.4, 0.5) is 21.0 Å². The van der Waals surface area contributed by atoms with Crippen LogP contribution < -0.4 is 31.3 Å². The third-order valence-corrected chi connectivity index (χ3v) is 6.56. The number of methoxy groups -OCH3 is 1. The molecule has 1 aliphatic carbocycles. The normalized spacial score (nSPS) is 17.3. The van der Waals surface area contributed by atoms with Gasteiger partial charge in [0.25, 0.3) is 0 Å². The van der Waals surface area contributed by atoms with Crippen molar-refractivity contribution in [2.24, 2.45) is 0 Å². The summed E-state index contributed by atoms with van der Waals surface area (Å²) in [6, 6.07) is 10.7. The largest absolute Gasteiger partial charge is 0.495 e. The van der Waals surface area contributed by atoms with Crippen LogP contribution in [0.5, 0.6) is 5.75 Å². The molecule has 39 heavy (non-hydrogen) atoms. The Morgan fingerprint density at radius 2 is 1.62 bits per heavy atom. The average molecular weight is 540 g/mol. The quantitative estimate of drug-likeness (QED) is 0.270. The minimum Gasteiger partial charge on any atom is -0.495 e. The molecule has 5 amide bonds. The van der Waals surface area contributed by atoms with Gasteiger partial charge in [-0.2, -0.15) is 0 Å². The zero-order chi connectivity index (χ0) is 28.4. The van der Waals surface area contributed by atoms with Crippen molar-refractivity contribution in [3.05, 3.63) is 53.6 Å². The molecular weight excluding hydrogens is 502 g/mol. The summed E-state index contributed by atoms with van der Waals surface area (Å²) < 4.78 is 5.44. The number of benzene rings is 2. The number of hydrogen-bond acceptors (Lipinski definition) is 5. The van der Waals surface area contributed by atoms with E-state index in [4.69, 9.17) is 9.84 Å². The molecule has 1 aliphatic rings. The molecule has 210 valence electrons. The molecule has 0 radical (unpaired) electrons. The monoisotopic (exact) mass is 539 g/mol. The molecule has 11 heteroatoms. The summed E-state index contributed by atoms with van der Waals surface area (Å²) in [4.78, 5) is 48.6. The highest BCUT2D eigenvalue weighted by molar-refractivity contribution is 6.01. The van der Waals surface area contributed by atoms with Crippen LogP contribution in [0, 0.1) is 6.92 Å². The van der Waals surface area contributed by atoms with E-state index in [0.29, 0.717) is 29.1 Å². The van der Waals surface area contributed by atoms with Crippen LogP contribution >= 0.6 is 0 Å². The molecule has 2 aromatic carbocycles. The fourth-order valence-electron chi connectivity index (χ4n) is 4.60. The van der Waals surface area contributed by atoms with Gasteiger partial charge in [-0.15, -0.1) is 0 Å². The number of para-hydroxylation sites is 1.